The van der Waals surface area contributed by atoms with E-state index in [1.54, 1.807) is 30.6 Å². The number of hydrogen-bond donors (Lipinski definition) is 1. The van der Waals surface area contributed by atoms with Crippen molar-refractivity contribution in [2.45, 2.75) is 13.0 Å². The third kappa shape index (κ3) is 4.63. The second-order valence-electron chi connectivity index (χ2n) is 5.41. The number of rotatable bonds is 5. The molecule has 1 aromatic heterocycles. The molecule has 0 bridgehead atoms. The van der Waals surface area contributed by atoms with Crippen LogP contribution in [-0.4, -0.2) is 45.2 Å². The number of nitrogens with zero attached hydrogens (tertiary/aromatic N) is 2. The van der Waals surface area contributed by atoms with Gasteiger partial charge < -0.3 is 10.2 Å². The third-order valence-corrected chi connectivity index (χ3v) is 4.57. The zero-order valence-electron chi connectivity index (χ0n) is 13.5. The summed E-state index contributed by atoms with van der Waals surface area (Å²) < 4.78 is 11.3. The summed E-state index contributed by atoms with van der Waals surface area (Å²) in [5, 5.41) is 2.93. The molecule has 2 aromatic rings. The maximum absolute atomic E-state index is 12.4. The Bertz CT molecular complexity index is 691. The molecular weight excluding hydrogens is 310 g/mol. The fraction of sp³-hybridized carbons (Fsp3) is 0.294. The molecule has 1 N–H and O–H groups in total. The molecule has 122 valence electrons. The van der Waals surface area contributed by atoms with E-state index in [-0.39, 0.29) is 12.1 Å². The summed E-state index contributed by atoms with van der Waals surface area (Å²) in [7, 11) is 0.768. The molecule has 2 amide bonds. The zero-order valence-corrected chi connectivity index (χ0v) is 14.3. The lowest BCUT2D eigenvalue weighted by Gasteiger charge is -2.25. The number of amides is 2. The lowest BCUT2D eigenvalue weighted by molar-refractivity contribution is 0.212. The third-order valence-electron chi connectivity index (χ3n) is 3.62. The average Bonchev–Trinajstić information content (AvgIpc) is 2.54. The maximum atomic E-state index is 12.4. The lowest BCUT2D eigenvalue weighted by Crippen LogP contribution is -2.41. The van der Waals surface area contributed by atoms with Crippen LogP contribution in [-0.2, 0) is 10.8 Å². The minimum Gasteiger partial charge on any atom is -0.324 e. The van der Waals surface area contributed by atoms with Crippen molar-refractivity contribution >= 4 is 22.5 Å². The molecule has 0 saturated heterocycles. The van der Waals surface area contributed by atoms with Gasteiger partial charge in [-0.1, -0.05) is 18.2 Å². The van der Waals surface area contributed by atoms with E-state index in [2.05, 4.69) is 10.3 Å². The van der Waals surface area contributed by atoms with E-state index in [1.165, 1.54) is 0 Å². The van der Waals surface area contributed by atoms with Crippen LogP contribution in [0.3, 0.4) is 0 Å². The Hall–Kier alpha value is -2.21. The lowest BCUT2D eigenvalue weighted by atomic mass is 10.1. The SMILES string of the molecule is C[C@H](C[S@](C)=O)N(C)C(=O)Nc1ccccc1-c1ccncc1. The first kappa shape index (κ1) is 17.1. The quantitative estimate of drug-likeness (QED) is 0.916. The number of carbonyl (C=O) groups is 1. The number of pyridine rings is 1. The van der Waals surface area contributed by atoms with Gasteiger partial charge in [0.1, 0.15) is 0 Å². The van der Waals surface area contributed by atoms with Gasteiger partial charge in [0.15, 0.2) is 0 Å². The number of anilines is 1. The number of carbonyl (C=O) groups excluding carboxylic acids is 1. The van der Waals surface area contributed by atoms with Crippen molar-refractivity contribution in [2.75, 3.05) is 24.4 Å². The van der Waals surface area contributed by atoms with E-state index in [4.69, 9.17) is 0 Å². The molecule has 0 aliphatic carbocycles. The molecule has 23 heavy (non-hydrogen) atoms. The number of hydrogen-bond acceptors (Lipinski definition) is 3. The second-order valence-corrected chi connectivity index (χ2v) is 6.89. The predicted molar refractivity (Wildman–Crippen MR) is 94.9 cm³/mol. The van der Waals surface area contributed by atoms with Gasteiger partial charge in [-0.15, -0.1) is 0 Å². The van der Waals surface area contributed by atoms with Gasteiger partial charge in [-0.3, -0.25) is 9.19 Å². The number of nitrogens with one attached hydrogen (secondary N) is 1. The van der Waals surface area contributed by atoms with Gasteiger partial charge in [0.05, 0.1) is 5.69 Å². The van der Waals surface area contributed by atoms with Gasteiger partial charge in [0, 0.05) is 53.9 Å². The molecule has 0 aliphatic heterocycles. The number of urea groups is 1. The summed E-state index contributed by atoms with van der Waals surface area (Å²) in [5.74, 6) is 0.454. The normalized spacial score (nSPS) is 13.2. The molecule has 0 fully saturated rings. The smallest absolute Gasteiger partial charge is 0.321 e. The van der Waals surface area contributed by atoms with E-state index in [1.807, 2.05) is 43.3 Å². The second kappa shape index (κ2) is 7.87. The Balaban J connectivity index is 2.17. The molecule has 1 heterocycles. The minimum atomic E-state index is -0.942. The summed E-state index contributed by atoms with van der Waals surface area (Å²) in [6, 6.07) is 11.1. The van der Waals surface area contributed by atoms with Crippen LogP contribution in [0.1, 0.15) is 6.92 Å². The van der Waals surface area contributed by atoms with Crippen molar-refractivity contribution in [3.63, 3.8) is 0 Å². The van der Waals surface area contributed by atoms with Crippen molar-refractivity contribution < 1.29 is 9.00 Å². The molecule has 6 heteroatoms. The first-order valence-corrected chi connectivity index (χ1v) is 9.05. The molecule has 0 unspecified atom stereocenters. The minimum absolute atomic E-state index is 0.103. The Labute approximate surface area is 139 Å². The molecule has 0 aliphatic rings. The highest BCUT2D eigenvalue weighted by Crippen LogP contribution is 2.27. The standard InChI is InChI=1S/C17H21N3O2S/c1-13(12-23(3)22)20(2)17(21)19-16-7-5-4-6-15(16)14-8-10-18-11-9-14/h4-11,13H,12H2,1-3H3,(H,19,21)/t13-,23+/m1/s1. The number of aromatic nitrogens is 1. The summed E-state index contributed by atoms with van der Waals surface area (Å²) in [5.41, 5.74) is 2.66. The van der Waals surface area contributed by atoms with Gasteiger partial charge in [-0.25, -0.2) is 4.79 Å². The van der Waals surface area contributed by atoms with E-state index in [0.717, 1.165) is 16.8 Å². The highest BCUT2D eigenvalue weighted by molar-refractivity contribution is 7.84. The molecule has 2 atom stereocenters. The van der Waals surface area contributed by atoms with Crippen molar-refractivity contribution in [1.82, 2.24) is 9.88 Å². The van der Waals surface area contributed by atoms with Crippen molar-refractivity contribution in [3.05, 3.63) is 48.8 Å². The molecule has 1 aromatic carbocycles. The summed E-state index contributed by atoms with van der Waals surface area (Å²) in [4.78, 5) is 18.0. The summed E-state index contributed by atoms with van der Waals surface area (Å²) in [6.45, 7) is 1.88. The van der Waals surface area contributed by atoms with Crippen LogP contribution < -0.4 is 5.32 Å². The highest BCUT2D eigenvalue weighted by Gasteiger charge is 2.18. The molecule has 2 rings (SSSR count). The van der Waals surface area contributed by atoms with Crippen LogP contribution in [0.2, 0.25) is 0 Å². The van der Waals surface area contributed by atoms with Crippen LogP contribution >= 0.6 is 0 Å². The van der Waals surface area contributed by atoms with Crippen LogP contribution in [0.25, 0.3) is 11.1 Å². The average molecular weight is 331 g/mol. The first-order valence-electron chi connectivity index (χ1n) is 7.32. The fourth-order valence-electron chi connectivity index (χ4n) is 2.23. The van der Waals surface area contributed by atoms with Gasteiger partial charge in [-0.05, 0) is 30.7 Å². The van der Waals surface area contributed by atoms with Crippen molar-refractivity contribution in [1.29, 1.82) is 0 Å². The first-order chi connectivity index (χ1) is 11.0. The topological polar surface area (TPSA) is 62.3 Å². The Morgan fingerprint density at radius 3 is 2.57 bits per heavy atom. The fourth-order valence-corrected chi connectivity index (χ4v) is 3.13. The highest BCUT2D eigenvalue weighted by atomic mass is 32.2. The molecule has 5 nitrogen and oxygen atoms in total. The van der Waals surface area contributed by atoms with E-state index in [9.17, 15) is 9.00 Å². The summed E-state index contributed by atoms with van der Waals surface area (Å²) >= 11 is 0. The van der Waals surface area contributed by atoms with Crippen molar-refractivity contribution in [2.24, 2.45) is 0 Å². The Kier molecular flexibility index (Phi) is 5.87. The van der Waals surface area contributed by atoms with E-state index in [0.29, 0.717) is 5.75 Å². The molecular formula is C17H21N3O2S. The van der Waals surface area contributed by atoms with Crippen molar-refractivity contribution in [3.8, 4) is 11.1 Å². The Morgan fingerprint density at radius 2 is 1.91 bits per heavy atom. The van der Waals surface area contributed by atoms with E-state index >= 15 is 0 Å². The van der Waals surface area contributed by atoms with Crippen LogP contribution in [0.5, 0.6) is 0 Å². The largest absolute Gasteiger partial charge is 0.324 e. The van der Waals surface area contributed by atoms with Gasteiger partial charge in [-0.2, -0.15) is 0 Å². The van der Waals surface area contributed by atoms with Crippen LogP contribution in [0.15, 0.2) is 48.8 Å². The van der Waals surface area contributed by atoms with Gasteiger partial charge >= 0.3 is 6.03 Å². The van der Waals surface area contributed by atoms with Crippen LogP contribution in [0, 0.1) is 0 Å². The van der Waals surface area contributed by atoms with E-state index < -0.39 is 10.8 Å². The predicted octanol–water partition coefficient (Wildman–Crippen LogP) is 2.98. The summed E-state index contributed by atoms with van der Waals surface area (Å²) in [6.07, 6.45) is 5.08. The number of benzene rings is 1. The Morgan fingerprint density at radius 1 is 1.26 bits per heavy atom. The molecule has 0 spiro atoms. The zero-order chi connectivity index (χ0) is 16.8. The molecule has 0 radical (unpaired) electrons. The van der Waals surface area contributed by atoms with Crippen LogP contribution in [0.4, 0.5) is 10.5 Å². The van der Waals surface area contributed by atoms with Gasteiger partial charge in [0.2, 0.25) is 0 Å². The monoisotopic (exact) mass is 331 g/mol. The van der Waals surface area contributed by atoms with Gasteiger partial charge in [0.25, 0.3) is 0 Å². The maximum Gasteiger partial charge on any atom is 0.321 e. The number of para-hydroxylation sites is 1. The molecule has 0 saturated carbocycles.